The number of ether oxygens (including phenoxy) is 3. The van der Waals surface area contributed by atoms with E-state index in [2.05, 4.69) is 27.7 Å². The number of carbonyl (C=O) groups is 3. The van der Waals surface area contributed by atoms with Crippen LogP contribution in [0.5, 0.6) is 0 Å². The van der Waals surface area contributed by atoms with Crippen LogP contribution in [0.15, 0.2) is 36.5 Å². The molecule has 0 saturated heterocycles. The van der Waals surface area contributed by atoms with Crippen LogP contribution < -0.4 is 5.73 Å². The fourth-order valence-corrected chi connectivity index (χ4v) is 4.92. The number of carbonyl (C=O) groups excluding carboxylic acids is 3. The van der Waals surface area contributed by atoms with Gasteiger partial charge in [-0.25, -0.2) is 0 Å². The average Bonchev–Trinajstić information content (AvgIpc) is 2.86. The summed E-state index contributed by atoms with van der Waals surface area (Å²) in [6, 6.07) is 0. The second-order valence-corrected chi connectivity index (χ2v) is 14.5. The summed E-state index contributed by atoms with van der Waals surface area (Å²) in [6.07, 6.45) is 12.5. The number of rotatable bonds is 21. The summed E-state index contributed by atoms with van der Waals surface area (Å²) in [5, 5.41) is 0. The highest BCUT2D eigenvalue weighted by atomic mass is 16.6. The van der Waals surface area contributed by atoms with Gasteiger partial charge in [0.05, 0.1) is 10.8 Å². The molecule has 254 valence electrons. The van der Waals surface area contributed by atoms with Crippen molar-refractivity contribution in [2.45, 2.75) is 99.8 Å². The van der Waals surface area contributed by atoms with Crippen LogP contribution in [0.2, 0.25) is 0 Å². The molecule has 0 saturated carbocycles. The Labute approximate surface area is 268 Å². The highest BCUT2D eigenvalue weighted by Crippen LogP contribution is 2.27. The lowest BCUT2D eigenvalue weighted by molar-refractivity contribution is -0.154. The van der Waals surface area contributed by atoms with Crippen LogP contribution in [-0.2, 0) is 28.6 Å². The molecule has 0 aliphatic heterocycles. The molecule has 0 spiro atoms. The van der Waals surface area contributed by atoms with E-state index in [0.717, 1.165) is 19.4 Å². The lowest BCUT2D eigenvalue weighted by atomic mass is 9.84. The van der Waals surface area contributed by atoms with E-state index in [1.807, 2.05) is 71.6 Å². The first kappa shape index (κ1) is 41.5. The molecular formula is C35H63N3O6. The van der Waals surface area contributed by atoms with Gasteiger partial charge in [0.2, 0.25) is 0 Å². The van der Waals surface area contributed by atoms with Gasteiger partial charge < -0.3 is 24.8 Å². The number of nitrogens with two attached hydrogens (primary N) is 1. The molecule has 2 atom stereocenters. The van der Waals surface area contributed by atoms with Crippen molar-refractivity contribution in [1.29, 1.82) is 0 Å². The second-order valence-electron chi connectivity index (χ2n) is 14.5. The zero-order chi connectivity index (χ0) is 34.1. The maximum absolute atomic E-state index is 12.6. The summed E-state index contributed by atoms with van der Waals surface area (Å²) in [7, 11) is 5.76. The fraction of sp³-hybridized carbons (Fsp3) is 0.743. The van der Waals surface area contributed by atoms with Crippen LogP contribution >= 0.6 is 0 Å². The predicted molar refractivity (Wildman–Crippen MR) is 179 cm³/mol. The maximum atomic E-state index is 12.6. The number of esters is 3. The first-order valence-corrected chi connectivity index (χ1v) is 15.9. The molecule has 9 heteroatoms. The molecule has 44 heavy (non-hydrogen) atoms. The third kappa shape index (κ3) is 19.0. The molecule has 0 aliphatic rings. The molecular weight excluding hydrogens is 558 g/mol. The Hall–Kier alpha value is -2.49. The molecule has 0 aliphatic carbocycles. The molecule has 0 radical (unpaired) electrons. The van der Waals surface area contributed by atoms with E-state index in [1.165, 1.54) is 0 Å². The van der Waals surface area contributed by atoms with E-state index in [0.29, 0.717) is 31.2 Å². The minimum absolute atomic E-state index is 0.120. The molecule has 0 rings (SSSR count). The van der Waals surface area contributed by atoms with Gasteiger partial charge in [0.25, 0.3) is 0 Å². The molecule has 0 aromatic carbocycles. The normalized spacial score (nSPS) is 15.2. The standard InChI is InChI=1S/C35H63N3O6/c1-27(2)25-33(5,6)31(40)42-23-14-13-22-38(12)29(44-30(39)17-15-21-37(10)11)18-20-35(9,36)19-16-24-43-32(41)34(7,8)26-28(3)4/h13-14,16,18-20,27-29H,15,17,21-26,36H2,1-12H3/b14-13+,19-16+,20-18+. The van der Waals surface area contributed by atoms with Gasteiger partial charge in [-0.1, -0.05) is 45.9 Å². The van der Waals surface area contributed by atoms with E-state index in [4.69, 9.17) is 19.9 Å². The van der Waals surface area contributed by atoms with Gasteiger partial charge in [0.1, 0.15) is 13.2 Å². The fourth-order valence-electron chi connectivity index (χ4n) is 4.92. The molecule has 2 N–H and O–H groups in total. The second kappa shape index (κ2) is 19.8. The number of likely N-dealkylation sites (N-methyl/N-ethyl adjacent to an activating group) is 1. The molecule has 0 aromatic rings. The molecule has 0 amide bonds. The van der Waals surface area contributed by atoms with E-state index in [9.17, 15) is 14.4 Å². The van der Waals surface area contributed by atoms with Crippen molar-refractivity contribution >= 4 is 17.9 Å². The SMILES string of the molecule is CC(C)CC(C)(C)C(=O)OC/C=C/CN(C)C(/C=C/C(C)(N)/C=C/COC(=O)C(C)(C)CC(C)C)OC(=O)CCCN(C)C. The largest absolute Gasteiger partial charge is 0.461 e. The minimum Gasteiger partial charge on any atom is -0.461 e. The third-order valence-corrected chi connectivity index (χ3v) is 6.89. The summed E-state index contributed by atoms with van der Waals surface area (Å²) in [5.41, 5.74) is 4.51. The average molecular weight is 622 g/mol. The summed E-state index contributed by atoms with van der Waals surface area (Å²) in [4.78, 5) is 41.5. The van der Waals surface area contributed by atoms with Gasteiger partial charge in [-0.3, -0.25) is 19.3 Å². The Kier molecular flexibility index (Phi) is 18.7. The minimum atomic E-state index is -0.872. The van der Waals surface area contributed by atoms with Crippen LogP contribution in [0.4, 0.5) is 0 Å². The van der Waals surface area contributed by atoms with Crippen molar-refractivity contribution in [2.75, 3.05) is 47.4 Å². The van der Waals surface area contributed by atoms with Crippen molar-refractivity contribution in [3.05, 3.63) is 36.5 Å². The summed E-state index contributed by atoms with van der Waals surface area (Å²) in [5.74, 6) is 0.0197. The van der Waals surface area contributed by atoms with E-state index in [-0.39, 0.29) is 31.1 Å². The van der Waals surface area contributed by atoms with Crippen LogP contribution in [-0.4, -0.2) is 86.9 Å². The van der Waals surface area contributed by atoms with Gasteiger partial charge in [0.15, 0.2) is 6.23 Å². The molecule has 0 bridgehead atoms. The Morgan fingerprint density at radius 2 is 1.27 bits per heavy atom. The van der Waals surface area contributed by atoms with Crippen LogP contribution in [0.1, 0.15) is 88.0 Å². The number of hydrogen-bond acceptors (Lipinski definition) is 9. The smallest absolute Gasteiger partial charge is 0.311 e. The Morgan fingerprint density at radius 1 is 0.773 bits per heavy atom. The van der Waals surface area contributed by atoms with Crippen molar-refractivity contribution in [3.8, 4) is 0 Å². The molecule has 0 heterocycles. The zero-order valence-corrected chi connectivity index (χ0v) is 29.8. The van der Waals surface area contributed by atoms with Gasteiger partial charge in [-0.2, -0.15) is 0 Å². The summed E-state index contributed by atoms with van der Waals surface area (Å²) < 4.78 is 16.7. The van der Waals surface area contributed by atoms with Gasteiger partial charge >= 0.3 is 17.9 Å². The Bertz CT molecular complexity index is 964. The summed E-state index contributed by atoms with van der Waals surface area (Å²) in [6.45, 7) is 19.3. The van der Waals surface area contributed by atoms with Crippen molar-refractivity contribution in [3.63, 3.8) is 0 Å². The Balaban J connectivity index is 5.33. The predicted octanol–water partition coefficient (Wildman–Crippen LogP) is 5.75. The molecule has 9 nitrogen and oxygen atoms in total. The summed E-state index contributed by atoms with van der Waals surface area (Å²) >= 11 is 0. The molecule has 2 unspecified atom stereocenters. The third-order valence-electron chi connectivity index (χ3n) is 6.89. The first-order chi connectivity index (χ1) is 20.2. The lowest BCUT2D eigenvalue weighted by Crippen LogP contribution is -2.37. The topological polar surface area (TPSA) is 111 Å². The maximum Gasteiger partial charge on any atom is 0.311 e. The first-order valence-electron chi connectivity index (χ1n) is 15.9. The van der Waals surface area contributed by atoms with Crippen molar-refractivity contribution in [2.24, 2.45) is 28.4 Å². The highest BCUT2D eigenvalue weighted by Gasteiger charge is 2.31. The number of nitrogens with zero attached hydrogens (tertiary/aromatic N) is 2. The quantitative estimate of drug-likeness (QED) is 0.0742. The monoisotopic (exact) mass is 621 g/mol. The molecule has 0 fully saturated rings. The van der Waals surface area contributed by atoms with Gasteiger partial charge in [-0.15, -0.1) is 0 Å². The Morgan fingerprint density at radius 3 is 1.75 bits per heavy atom. The van der Waals surface area contributed by atoms with E-state index in [1.54, 1.807) is 30.4 Å². The van der Waals surface area contributed by atoms with Gasteiger partial charge in [-0.05, 0) is 112 Å². The van der Waals surface area contributed by atoms with E-state index < -0.39 is 22.6 Å². The number of hydrogen-bond donors (Lipinski definition) is 1. The lowest BCUT2D eigenvalue weighted by Gasteiger charge is -2.26. The van der Waals surface area contributed by atoms with Gasteiger partial charge in [0, 0.05) is 18.5 Å². The van der Waals surface area contributed by atoms with Crippen LogP contribution in [0.3, 0.4) is 0 Å². The van der Waals surface area contributed by atoms with Crippen LogP contribution in [0, 0.1) is 22.7 Å². The zero-order valence-electron chi connectivity index (χ0n) is 29.8. The highest BCUT2D eigenvalue weighted by molar-refractivity contribution is 5.76. The van der Waals surface area contributed by atoms with Crippen molar-refractivity contribution in [1.82, 2.24) is 9.80 Å². The van der Waals surface area contributed by atoms with Crippen LogP contribution in [0.25, 0.3) is 0 Å². The molecule has 0 aromatic heterocycles. The van der Waals surface area contributed by atoms with Crippen molar-refractivity contribution < 1.29 is 28.6 Å². The van der Waals surface area contributed by atoms with E-state index >= 15 is 0 Å².